The van der Waals surface area contributed by atoms with Gasteiger partial charge in [0.15, 0.2) is 11.5 Å². The highest BCUT2D eigenvalue weighted by Crippen LogP contribution is 2.34. The first kappa shape index (κ1) is 23.6. The standard InChI is InChI=1S/C25H22N4O6/c1-15-20(25(32)33)12-29-24(15)23(16(10-26)11-27-29)28-17-6-8-19(9-7-17)35-22-5-3-2-4-21(22)34-14-18(31)13-30/h2-9,11-12,18,28,30-31H,13-14H2,1H3,(H,32,33). The van der Waals surface area contributed by atoms with E-state index in [-0.39, 0.29) is 17.7 Å². The molecule has 1 unspecified atom stereocenters. The third-order valence-electron chi connectivity index (χ3n) is 5.25. The molecule has 0 amide bonds. The van der Waals surface area contributed by atoms with E-state index in [2.05, 4.69) is 16.5 Å². The smallest absolute Gasteiger partial charge is 0.337 e. The zero-order chi connectivity index (χ0) is 24.9. The van der Waals surface area contributed by atoms with Crippen LogP contribution in [0.15, 0.2) is 60.9 Å². The molecule has 0 spiro atoms. The lowest BCUT2D eigenvalue weighted by molar-refractivity contribution is 0.0529. The van der Waals surface area contributed by atoms with Crippen molar-refractivity contribution in [3.63, 3.8) is 0 Å². The Hall–Kier alpha value is -4.59. The van der Waals surface area contributed by atoms with Crippen LogP contribution in [-0.2, 0) is 0 Å². The van der Waals surface area contributed by atoms with Crippen LogP contribution in [0.4, 0.5) is 11.4 Å². The lowest BCUT2D eigenvalue weighted by Gasteiger charge is -2.15. The number of aromatic carboxylic acids is 1. The van der Waals surface area contributed by atoms with Crippen molar-refractivity contribution in [3.8, 4) is 23.3 Å². The fraction of sp³-hybridized carbons (Fsp3) is 0.160. The average molecular weight is 474 g/mol. The predicted molar refractivity (Wildman–Crippen MR) is 126 cm³/mol. The molecule has 10 nitrogen and oxygen atoms in total. The number of rotatable bonds is 9. The third kappa shape index (κ3) is 5.01. The van der Waals surface area contributed by atoms with Gasteiger partial charge in [-0.2, -0.15) is 10.4 Å². The van der Waals surface area contributed by atoms with Gasteiger partial charge in [0, 0.05) is 11.9 Å². The first-order chi connectivity index (χ1) is 16.9. The summed E-state index contributed by atoms with van der Waals surface area (Å²) in [5.41, 5.74) is 2.46. The Labute approximate surface area is 200 Å². The second-order valence-electron chi connectivity index (χ2n) is 7.66. The highest BCUT2D eigenvalue weighted by atomic mass is 16.5. The van der Waals surface area contributed by atoms with Gasteiger partial charge >= 0.3 is 5.97 Å². The molecule has 1 atom stereocenters. The number of aliphatic hydroxyl groups is 2. The van der Waals surface area contributed by atoms with Crippen LogP contribution >= 0.6 is 0 Å². The summed E-state index contributed by atoms with van der Waals surface area (Å²) in [6, 6.07) is 16.0. The van der Waals surface area contributed by atoms with E-state index in [0.717, 1.165) is 0 Å². The molecule has 0 saturated heterocycles. The van der Waals surface area contributed by atoms with E-state index in [1.54, 1.807) is 55.5 Å². The number of carboxylic acid groups (broad SMARTS) is 1. The molecule has 2 aromatic carbocycles. The lowest BCUT2D eigenvalue weighted by Crippen LogP contribution is -2.21. The average Bonchev–Trinajstić information content (AvgIpc) is 3.21. The highest BCUT2D eigenvalue weighted by Gasteiger charge is 2.19. The number of benzene rings is 2. The molecule has 4 rings (SSSR count). The number of carbonyl (C=O) groups is 1. The quantitative estimate of drug-likeness (QED) is 0.286. The normalized spacial score (nSPS) is 11.6. The van der Waals surface area contributed by atoms with Gasteiger partial charge in [0.1, 0.15) is 24.5 Å². The second-order valence-corrected chi connectivity index (χ2v) is 7.66. The molecule has 0 aliphatic carbocycles. The van der Waals surface area contributed by atoms with Crippen molar-refractivity contribution in [2.75, 3.05) is 18.5 Å². The summed E-state index contributed by atoms with van der Waals surface area (Å²) in [5, 5.41) is 44.8. The minimum absolute atomic E-state index is 0.0793. The van der Waals surface area contributed by atoms with E-state index < -0.39 is 18.7 Å². The topological polar surface area (TPSA) is 149 Å². The van der Waals surface area contributed by atoms with E-state index >= 15 is 0 Å². The Morgan fingerprint density at radius 3 is 2.57 bits per heavy atom. The summed E-state index contributed by atoms with van der Waals surface area (Å²) in [6.45, 7) is 1.18. The van der Waals surface area contributed by atoms with Gasteiger partial charge in [-0.15, -0.1) is 0 Å². The Morgan fingerprint density at radius 2 is 1.91 bits per heavy atom. The van der Waals surface area contributed by atoms with Crippen molar-refractivity contribution in [2.24, 2.45) is 0 Å². The highest BCUT2D eigenvalue weighted by molar-refractivity contribution is 5.96. The molecule has 10 heteroatoms. The number of hydrogen-bond donors (Lipinski definition) is 4. The number of nitrogens with zero attached hydrogens (tertiary/aromatic N) is 3. The van der Waals surface area contributed by atoms with Gasteiger partial charge in [-0.05, 0) is 48.9 Å². The third-order valence-corrected chi connectivity index (χ3v) is 5.25. The number of aromatic nitrogens is 2. The van der Waals surface area contributed by atoms with Crippen LogP contribution in [0.1, 0.15) is 21.5 Å². The molecule has 178 valence electrons. The number of aliphatic hydroxyl groups excluding tert-OH is 2. The summed E-state index contributed by atoms with van der Waals surface area (Å²) >= 11 is 0. The van der Waals surface area contributed by atoms with Crippen molar-refractivity contribution >= 4 is 22.9 Å². The maximum atomic E-state index is 11.5. The van der Waals surface area contributed by atoms with Gasteiger partial charge in [-0.1, -0.05) is 12.1 Å². The molecule has 0 aliphatic heterocycles. The largest absolute Gasteiger partial charge is 0.487 e. The van der Waals surface area contributed by atoms with E-state index in [1.165, 1.54) is 16.9 Å². The summed E-state index contributed by atoms with van der Waals surface area (Å²) < 4.78 is 12.9. The molecule has 0 fully saturated rings. The molecule has 2 aromatic heterocycles. The van der Waals surface area contributed by atoms with Gasteiger partial charge in [0.05, 0.1) is 35.1 Å². The minimum Gasteiger partial charge on any atom is -0.487 e. The Kier molecular flexibility index (Phi) is 6.82. The second kappa shape index (κ2) is 10.1. The maximum absolute atomic E-state index is 11.5. The number of carboxylic acids is 1. The molecule has 0 saturated carbocycles. The van der Waals surface area contributed by atoms with Crippen LogP contribution in [0.3, 0.4) is 0 Å². The zero-order valence-electron chi connectivity index (χ0n) is 18.7. The SMILES string of the molecule is Cc1c(C(=O)O)cn2ncc(C#N)c(Nc3ccc(Oc4ccccc4OCC(O)CO)cc3)c12. The van der Waals surface area contributed by atoms with E-state index in [0.29, 0.717) is 39.7 Å². The van der Waals surface area contributed by atoms with E-state index in [4.69, 9.17) is 14.6 Å². The number of nitrogens with one attached hydrogen (secondary N) is 1. The first-order valence-electron chi connectivity index (χ1n) is 10.6. The maximum Gasteiger partial charge on any atom is 0.337 e. The van der Waals surface area contributed by atoms with Gasteiger partial charge < -0.3 is 30.1 Å². The van der Waals surface area contributed by atoms with E-state index in [9.17, 15) is 20.3 Å². The molecular formula is C25H22N4O6. The number of para-hydroxylation sites is 2. The molecule has 4 aromatic rings. The Balaban J connectivity index is 1.58. The van der Waals surface area contributed by atoms with Gasteiger partial charge in [0.2, 0.25) is 0 Å². The van der Waals surface area contributed by atoms with Gasteiger partial charge in [-0.25, -0.2) is 9.31 Å². The van der Waals surface area contributed by atoms with Crippen molar-refractivity contribution in [1.29, 1.82) is 5.26 Å². The fourth-order valence-corrected chi connectivity index (χ4v) is 3.49. The molecule has 0 radical (unpaired) electrons. The monoisotopic (exact) mass is 474 g/mol. The molecule has 35 heavy (non-hydrogen) atoms. The molecular weight excluding hydrogens is 452 g/mol. The van der Waals surface area contributed by atoms with Crippen molar-refractivity contribution in [2.45, 2.75) is 13.0 Å². The molecule has 4 N–H and O–H groups in total. The van der Waals surface area contributed by atoms with Crippen molar-refractivity contribution < 1.29 is 29.6 Å². The Morgan fingerprint density at radius 1 is 1.20 bits per heavy atom. The van der Waals surface area contributed by atoms with Crippen LogP contribution in [-0.4, -0.2) is 50.2 Å². The number of aryl methyl sites for hydroxylation is 1. The number of ether oxygens (including phenoxy) is 2. The van der Waals surface area contributed by atoms with Crippen molar-refractivity contribution in [3.05, 3.63) is 77.6 Å². The number of nitriles is 1. The number of anilines is 2. The summed E-state index contributed by atoms with van der Waals surface area (Å²) in [4.78, 5) is 11.5. The summed E-state index contributed by atoms with van der Waals surface area (Å²) in [5.74, 6) is 0.291. The van der Waals surface area contributed by atoms with Crippen LogP contribution in [0, 0.1) is 18.3 Å². The van der Waals surface area contributed by atoms with Gasteiger partial charge in [-0.3, -0.25) is 0 Å². The summed E-state index contributed by atoms with van der Waals surface area (Å²) in [6.07, 6.45) is 1.79. The van der Waals surface area contributed by atoms with Gasteiger partial charge in [0.25, 0.3) is 0 Å². The van der Waals surface area contributed by atoms with Crippen LogP contribution in [0.2, 0.25) is 0 Å². The molecule has 0 aliphatic rings. The first-order valence-corrected chi connectivity index (χ1v) is 10.6. The lowest BCUT2D eigenvalue weighted by atomic mass is 10.1. The molecule has 0 bridgehead atoms. The van der Waals surface area contributed by atoms with Crippen LogP contribution in [0.25, 0.3) is 5.52 Å². The minimum atomic E-state index is -1.07. The number of fused-ring (bicyclic) bond motifs is 1. The molecule has 2 heterocycles. The summed E-state index contributed by atoms with van der Waals surface area (Å²) in [7, 11) is 0. The van der Waals surface area contributed by atoms with Crippen LogP contribution < -0.4 is 14.8 Å². The van der Waals surface area contributed by atoms with Crippen LogP contribution in [0.5, 0.6) is 17.2 Å². The Bertz CT molecular complexity index is 1410. The zero-order valence-corrected chi connectivity index (χ0v) is 18.7. The van der Waals surface area contributed by atoms with Crippen molar-refractivity contribution in [1.82, 2.24) is 9.61 Å². The van der Waals surface area contributed by atoms with E-state index in [1.807, 2.05) is 0 Å². The number of hydrogen-bond acceptors (Lipinski definition) is 8. The predicted octanol–water partition coefficient (Wildman–Crippen LogP) is 3.48. The fourth-order valence-electron chi connectivity index (χ4n) is 3.49.